The highest BCUT2D eigenvalue weighted by molar-refractivity contribution is 5.26. The number of aryl methyl sites for hydroxylation is 1. The van der Waals surface area contributed by atoms with Crippen LogP contribution in [0, 0.1) is 6.92 Å². The number of hydrogen-bond donors (Lipinski definition) is 0. The molecule has 0 saturated heterocycles. The first-order valence-corrected chi connectivity index (χ1v) is 7.03. The van der Waals surface area contributed by atoms with Gasteiger partial charge in [-0.05, 0) is 37.4 Å². The summed E-state index contributed by atoms with van der Waals surface area (Å²) in [6, 6.07) is 8.17. The lowest BCUT2D eigenvalue weighted by molar-refractivity contribution is 0.304. The minimum atomic E-state index is 0.632. The maximum atomic E-state index is 8.12. The summed E-state index contributed by atoms with van der Waals surface area (Å²) in [5, 5.41) is 3.52. The maximum Gasteiger partial charge on any atom is 0.119 e. The van der Waals surface area contributed by atoms with Gasteiger partial charge in [0.25, 0.3) is 0 Å². The lowest BCUT2D eigenvalue weighted by atomic mass is 10.1. The summed E-state index contributed by atoms with van der Waals surface area (Å²) in [6.45, 7) is 3.50. The molecule has 1 rings (SSSR count). The highest BCUT2D eigenvalue weighted by Gasteiger charge is 1.94. The second kappa shape index (κ2) is 10.3. The molecule has 1 aromatic rings. The standard InChI is InChI=1S/C15H23N3O/c1-14-8-10-15(11-9-14)19-13-7-5-3-2-4-6-12-17-18-16/h8-11H,2-7,12-13H2,1H3. The Bertz CT molecular complexity index is 383. The minimum Gasteiger partial charge on any atom is -0.494 e. The number of azide groups is 1. The topological polar surface area (TPSA) is 58.0 Å². The average Bonchev–Trinajstić information content (AvgIpc) is 2.43. The van der Waals surface area contributed by atoms with E-state index in [0.717, 1.165) is 31.6 Å². The van der Waals surface area contributed by atoms with Gasteiger partial charge in [0.2, 0.25) is 0 Å². The van der Waals surface area contributed by atoms with Crippen molar-refractivity contribution in [1.82, 2.24) is 0 Å². The van der Waals surface area contributed by atoms with E-state index in [0.29, 0.717) is 6.54 Å². The molecule has 0 unspecified atom stereocenters. The number of ether oxygens (including phenoxy) is 1. The van der Waals surface area contributed by atoms with Crippen LogP contribution in [0.4, 0.5) is 0 Å². The molecule has 0 saturated carbocycles. The Labute approximate surface area is 115 Å². The molecule has 4 nitrogen and oxygen atoms in total. The number of nitrogens with zero attached hydrogens (tertiary/aromatic N) is 3. The molecule has 0 amide bonds. The summed E-state index contributed by atoms with van der Waals surface area (Å²) >= 11 is 0. The molecule has 0 heterocycles. The quantitative estimate of drug-likeness (QED) is 0.252. The molecular weight excluding hydrogens is 238 g/mol. The zero-order valence-corrected chi connectivity index (χ0v) is 11.7. The van der Waals surface area contributed by atoms with Crippen molar-refractivity contribution in [1.29, 1.82) is 0 Å². The zero-order chi connectivity index (χ0) is 13.8. The molecule has 0 spiro atoms. The Balaban J connectivity index is 1.91. The van der Waals surface area contributed by atoms with Crippen LogP contribution in [0.1, 0.15) is 44.1 Å². The number of hydrogen-bond acceptors (Lipinski definition) is 2. The molecule has 0 fully saturated rings. The van der Waals surface area contributed by atoms with Gasteiger partial charge >= 0.3 is 0 Å². The molecule has 0 atom stereocenters. The van der Waals surface area contributed by atoms with E-state index >= 15 is 0 Å². The SMILES string of the molecule is Cc1ccc(OCCCCCCCCN=[N+]=[N-])cc1. The van der Waals surface area contributed by atoms with E-state index in [4.69, 9.17) is 10.3 Å². The van der Waals surface area contributed by atoms with Crippen molar-refractivity contribution in [2.45, 2.75) is 45.4 Å². The van der Waals surface area contributed by atoms with Crippen LogP contribution in [0.3, 0.4) is 0 Å². The summed E-state index contributed by atoms with van der Waals surface area (Å²) in [7, 11) is 0. The highest BCUT2D eigenvalue weighted by atomic mass is 16.5. The molecule has 0 radical (unpaired) electrons. The van der Waals surface area contributed by atoms with Crippen molar-refractivity contribution in [3.05, 3.63) is 40.3 Å². The summed E-state index contributed by atoms with van der Waals surface area (Å²) in [6.07, 6.45) is 6.90. The fourth-order valence-electron chi connectivity index (χ4n) is 1.86. The summed E-state index contributed by atoms with van der Waals surface area (Å²) in [4.78, 5) is 2.74. The van der Waals surface area contributed by atoms with Crippen LogP contribution >= 0.6 is 0 Å². The third-order valence-corrected chi connectivity index (χ3v) is 3.01. The molecule has 104 valence electrons. The third kappa shape index (κ3) is 8.11. The Kier molecular flexibility index (Phi) is 8.32. The van der Waals surface area contributed by atoms with E-state index in [2.05, 4.69) is 29.1 Å². The molecule has 19 heavy (non-hydrogen) atoms. The van der Waals surface area contributed by atoms with Crippen molar-refractivity contribution in [3.8, 4) is 5.75 Å². The van der Waals surface area contributed by atoms with E-state index in [1.54, 1.807) is 0 Å². The highest BCUT2D eigenvalue weighted by Crippen LogP contribution is 2.12. The molecule has 0 N–H and O–H groups in total. The maximum absolute atomic E-state index is 8.12. The molecular formula is C15H23N3O. The lowest BCUT2D eigenvalue weighted by Gasteiger charge is -2.06. The minimum absolute atomic E-state index is 0.632. The Morgan fingerprint density at radius 1 is 1.00 bits per heavy atom. The normalized spacial score (nSPS) is 9.95. The second-order valence-electron chi connectivity index (χ2n) is 4.74. The van der Waals surface area contributed by atoms with Crippen LogP contribution in [-0.4, -0.2) is 13.2 Å². The lowest BCUT2D eigenvalue weighted by Crippen LogP contribution is -1.97. The van der Waals surface area contributed by atoms with Crippen molar-refractivity contribution in [2.24, 2.45) is 5.11 Å². The van der Waals surface area contributed by atoms with E-state index in [9.17, 15) is 0 Å². The average molecular weight is 261 g/mol. The molecule has 4 heteroatoms. The fourth-order valence-corrected chi connectivity index (χ4v) is 1.86. The number of benzene rings is 1. The van der Waals surface area contributed by atoms with Gasteiger partial charge in [0.05, 0.1) is 6.61 Å². The van der Waals surface area contributed by atoms with Gasteiger partial charge in [-0.3, -0.25) is 0 Å². The van der Waals surface area contributed by atoms with E-state index in [-0.39, 0.29) is 0 Å². The van der Waals surface area contributed by atoms with Crippen molar-refractivity contribution < 1.29 is 4.74 Å². The summed E-state index contributed by atoms with van der Waals surface area (Å²) in [5.74, 6) is 0.958. The van der Waals surface area contributed by atoms with Gasteiger partial charge in [-0.15, -0.1) is 0 Å². The third-order valence-electron chi connectivity index (χ3n) is 3.01. The van der Waals surface area contributed by atoms with Crippen molar-refractivity contribution in [3.63, 3.8) is 0 Å². The van der Waals surface area contributed by atoms with Crippen molar-refractivity contribution in [2.75, 3.05) is 13.2 Å². The Hall–Kier alpha value is -1.67. The van der Waals surface area contributed by atoms with Crippen LogP contribution in [0.25, 0.3) is 10.4 Å². The monoisotopic (exact) mass is 261 g/mol. The first-order chi connectivity index (χ1) is 9.33. The van der Waals surface area contributed by atoms with E-state index in [1.807, 2.05) is 12.1 Å². The zero-order valence-electron chi connectivity index (χ0n) is 11.7. The van der Waals surface area contributed by atoms with Gasteiger partial charge in [-0.25, -0.2) is 0 Å². The molecule has 0 aliphatic carbocycles. The van der Waals surface area contributed by atoms with Gasteiger partial charge in [0.15, 0.2) is 0 Å². The van der Waals surface area contributed by atoms with Crippen LogP contribution in [0.2, 0.25) is 0 Å². The van der Waals surface area contributed by atoms with Gasteiger partial charge in [0.1, 0.15) is 5.75 Å². The predicted molar refractivity (Wildman–Crippen MR) is 78.4 cm³/mol. The molecule has 1 aromatic carbocycles. The first kappa shape index (κ1) is 15.4. The van der Waals surface area contributed by atoms with Crippen LogP contribution < -0.4 is 4.74 Å². The molecule has 0 aliphatic rings. The smallest absolute Gasteiger partial charge is 0.119 e. The molecule has 0 bridgehead atoms. The first-order valence-electron chi connectivity index (χ1n) is 7.03. The summed E-state index contributed by atoms with van der Waals surface area (Å²) in [5.41, 5.74) is 9.38. The predicted octanol–water partition coefficient (Wildman–Crippen LogP) is 5.02. The Morgan fingerprint density at radius 2 is 1.63 bits per heavy atom. The number of unbranched alkanes of at least 4 members (excludes halogenated alkanes) is 5. The van der Waals surface area contributed by atoms with Gasteiger partial charge in [-0.2, -0.15) is 0 Å². The fraction of sp³-hybridized carbons (Fsp3) is 0.600. The van der Waals surface area contributed by atoms with Gasteiger partial charge in [0, 0.05) is 11.5 Å². The second-order valence-corrected chi connectivity index (χ2v) is 4.74. The van der Waals surface area contributed by atoms with Crippen molar-refractivity contribution >= 4 is 0 Å². The number of rotatable bonds is 10. The molecule has 0 aromatic heterocycles. The van der Waals surface area contributed by atoms with E-state index < -0.39 is 0 Å². The van der Waals surface area contributed by atoms with E-state index in [1.165, 1.54) is 24.8 Å². The van der Waals surface area contributed by atoms with Crippen LogP contribution in [0.5, 0.6) is 5.75 Å². The summed E-state index contributed by atoms with van der Waals surface area (Å²) < 4.78 is 5.67. The largest absolute Gasteiger partial charge is 0.494 e. The van der Waals surface area contributed by atoms with Crippen LogP contribution in [0.15, 0.2) is 29.4 Å². The van der Waals surface area contributed by atoms with Gasteiger partial charge in [-0.1, -0.05) is 48.5 Å². The molecule has 0 aliphatic heterocycles. The Morgan fingerprint density at radius 3 is 2.32 bits per heavy atom. The van der Waals surface area contributed by atoms with Gasteiger partial charge < -0.3 is 4.74 Å². The van der Waals surface area contributed by atoms with Crippen LogP contribution in [-0.2, 0) is 0 Å².